The zero-order valence-electron chi connectivity index (χ0n) is 9.04. The molecule has 0 aliphatic heterocycles. The first-order valence-corrected chi connectivity index (χ1v) is 5.08. The molecule has 1 heterocycles. The number of carbonyl (C=O) groups is 1. The fraction of sp³-hybridized carbons (Fsp3) is 0.0833. The third kappa shape index (κ3) is 2.85. The molecular formula is C12H11N3O2. The molecule has 86 valence electrons. The van der Waals surface area contributed by atoms with Crippen LogP contribution in [-0.4, -0.2) is 22.3 Å². The van der Waals surface area contributed by atoms with Crippen molar-refractivity contribution in [2.24, 2.45) is 5.73 Å². The van der Waals surface area contributed by atoms with Crippen molar-refractivity contribution < 1.29 is 9.53 Å². The summed E-state index contributed by atoms with van der Waals surface area (Å²) in [6, 6.07) is 8.65. The largest absolute Gasteiger partial charge is 0.424 e. The molecule has 17 heavy (non-hydrogen) atoms. The van der Waals surface area contributed by atoms with E-state index in [4.69, 9.17) is 10.5 Å². The maximum Gasteiger partial charge on any atom is 0.321 e. The fourth-order valence-electron chi connectivity index (χ4n) is 1.27. The van der Waals surface area contributed by atoms with Gasteiger partial charge in [0.05, 0.1) is 6.54 Å². The number of nitrogens with two attached hydrogens (primary N) is 1. The van der Waals surface area contributed by atoms with Crippen LogP contribution in [0.15, 0.2) is 42.7 Å². The van der Waals surface area contributed by atoms with Crippen molar-refractivity contribution in [1.29, 1.82) is 0 Å². The summed E-state index contributed by atoms with van der Waals surface area (Å²) in [5, 5.41) is 0. The average Bonchev–Trinajstić information content (AvgIpc) is 2.40. The molecule has 0 saturated carbocycles. The quantitative estimate of drug-likeness (QED) is 0.802. The number of carbonyl (C=O) groups excluding carboxylic acids is 1. The Bertz CT molecular complexity index is 497. The number of rotatable bonds is 4. The average molecular weight is 229 g/mol. The summed E-state index contributed by atoms with van der Waals surface area (Å²) in [6.07, 6.45) is 3.18. The lowest BCUT2D eigenvalue weighted by molar-refractivity contribution is 0.100. The standard InChI is InChI=1S/C12H11N3O2/c13-8-11(16)9-2-4-10(5-3-9)17-12-14-6-1-7-15-12/h1-7H,8,13H2. The van der Waals surface area contributed by atoms with Crippen LogP contribution in [0.5, 0.6) is 11.8 Å². The Morgan fingerprint density at radius 3 is 2.41 bits per heavy atom. The van der Waals surface area contributed by atoms with Gasteiger partial charge in [0.25, 0.3) is 0 Å². The van der Waals surface area contributed by atoms with Gasteiger partial charge in [-0.1, -0.05) is 0 Å². The lowest BCUT2D eigenvalue weighted by Gasteiger charge is -2.03. The lowest BCUT2D eigenvalue weighted by atomic mass is 10.1. The Morgan fingerprint density at radius 2 is 1.82 bits per heavy atom. The van der Waals surface area contributed by atoms with Gasteiger partial charge in [0.2, 0.25) is 0 Å². The smallest absolute Gasteiger partial charge is 0.321 e. The van der Waals surface area contributed by atoms with Crippen LogP contribution in [0.1, 0.15) is 10.4 Å². The molecule has 0 bridgehead atoms. The van der Waals surface area contributed by atoms with E-state index in [9.17, 15) is 4.79 Å². The van der Waals surface area contributed by atoms with E-state index in [-0.39, 0.29) is 18.3 Å². The number of hydrogen-bond donors (Lipinski definition) is 1. The molecule has 0 saturated heterocycles. The molecule has 0 amide bonds. The van der Waals surface area contributed by atoms with Crippen molar-refractivity contribution >= 4 is 5.78 Å². The highest BCUT2D eigenvalue weighted by molar-refractivity contribution is 5.97. The summed E-state index contributed by atoms with van der Waals surface area (Å²) < 4.78 is 5.38. The first-order chi connectivity index (χ1) is 8.29. The maximum absolute atomic E-state index is 11.3. The number of ether oxygens (including phenoxy) is 1. The molecule has 0 fully saturated rings. The van der Waals surface area contributed by atoms with E-state index < -0.39 is 0 Å². The zero-order chi connectivity index (χ0) is 12.1. The third-order valence-corrected chi connectivity index (χ3v) is 2.11. The van der Waals surface area contributed by atoms with Crippen LogP contribution in [-0.2, 0) is 0 Å². The minimum atomic E-state index is -0.104. The van der Waals surface area contributed by atoms with Crippen LogP contribution < -0.4 is 10.5 Å². The number of ketones is 1. The third-order valence-electron chi connectivity index (χ3n) is 2.11. The van der Waals surface area contributed by atoms with E-state index >= 15 is 0 Å². The van der Waals surface area contributed by atoms with Crippen molar-refractivity contribution in [1.82, 2.24) is 9.97 Å². The summed E-state index contributed by atoms with van der Waals surface area (Å²) in [5.41, 5.74) is 5.83. The summed E-state index contributed by atoms with van der Waals surface area (Å²) in [4.78, 5) is 19.1. The van der Waals surface area contributed by atoms with Crippen LogP contribution in [0.3, 0.4) is 0 Å². The van der Waals surface area contributed by atoms with E-state index in [1.807, 2.05) is 0 Å². The summed E-state index contributed by atoms with van der Waals surface area (Å²) in [6.45, 7) is 0.00198. The minimum absolute atomic E-state index is 0.00198. The van der Waals surface area contributed by atoms with Gasteiger partial charge in [-0.25, -0.2) is 9.97 Å². The number of hydrogen-bond acceptors (Lipinski definition) is 5. The molecule has 2 rings (SSSR count). The Balaban J connectivity index is 2.11. The summed E-state index contributed by atoms with van der Waals surface area (Å²) in [7, 11) is 0. The monoisotopic (exact) mass is 229 g/mol. The second-order valence-corrected chi connectivity index (χ2v) is 3.29. The second kappa shape index (κ2) is 5.18. The highest BCUT2D eigenvalue weighted by atomic mass is 16.5. The number of nitrogens with zero attached hydrogens (tertiary/aromatic N) is 2. The second-order valence-electron chi connectivity index (χ2n) is 3.29. The molecular weight excluding hydrogens is 218 g/mol. The minimum Gasteiger partial charge on any atom is -0.424 e. The van der Waals surface area contributed by atoms with Crippen molar-refractivity contribution in [2.75, 3.05) is 6.54 Å². The van der Waals surface area contributed by atoms with Gasteiger partial charge < -0.3 is 10.5 Å². The first-order valence-electron chi connectivity index (χ1n) is 5.08. The van der Waals surface area contributed by atoms with Crippen molar-refractivity contribution in [3.63, 3.8) is 0 Å². The molecule has 2 aromatic rings. The van der Waals surface area contributed by atoms with E-state index in [0.29, 0.717) is 11.3 Å². The lowest BCUT2D eigenvalue weighted by Crippen LogP contribution is -2.13. The molecule has 1 aromatic heterocycles. The highest BCUT2D eigenvalue weighted by Gasteiger charge is 2.04. The Labute approximate surface area is 98.3 Å². The van der Waals surface area contributed by atoms with Crippen molar-refractivity contribution in [3.8, 4) is 11.8 Å². The van der Waals surface area contributed by atoms with E-state index in [0.717, 1.165) is 0 Å². The van der Waals surface area contributed by atoms with Gasteiger partial charge in [-0.05, 0) is 30.3 Å². The summed E-state index contributed by atoms with van der Waals surface area (Å²) >= 11 is 0. The topological polar surface area (TPSA) is 78.1 Å². The number of aromatic nitrogens is 2. The zero-order valence-corrected chi connectivity index (χ0v) is 9.04. The molecule has 2 N–H and O–H groups in total. The molecule has 1 aromatic carbocycles. The SMILES string of the molecule is NCC(=O)c1ccc(Oc2ncccn2)cc1. The van der Waals surface area contributed by atoms with Crippen LogP contribution in [0.2, 0.25) is 0 Å². The number of Topliss-reactive ketones (excluding diaryl/α,β-unsaturated/α-hetero) is 1. The van der Waals surface area contributed by atoms with Crippen LogP contribution in [0, 0.1) is 0 Å². The summed E-state index contributed by atoms with van der Waals surface area (Å²) in [5.74, 6) is 0.470. The molecule has 0 aliphatic rings. The molecule has 5 nitrogen and oxygen atoms in total. The van der Waals surface area contributed by atoms with Gasteiger partial charge in [0.1, 0.15) is 5.75 Å². The van der Waals surface area contributed by atoms with Crippen LogP contribution >= 0.6 is 0 Å². The van der Waals surface area contributed by atoms with Crippen LogP contribution in [0.25, 0.3) is 0 Å². The van der Waals surface area contributed by atoms with Gasteiger partial charge in [0, 0.05) is 18.0 Å². The van der Waals surface area contributed by atoms with Crippen molar-refractivity contribution in [2.45, 2.75) is 0 Å². The van der Waals surface area contributed by atoms with E-state index in [1.165, 1.54) is 0 Å². The molecule has 5 heteroatoms. The van der Waals surface area contributed by atoms with Crippen molar-refractivity contribution in [3.05, 3.63) is 48.3 Å². The van der Waals surface area contributed by atoms with Gasteiger partial charge in [-0.2, -0.15) is 0 Å². The first kappa shape index (κ1) is 11.2. The molecule has 0 atom stereocenters. The van der Waals surface area contributed by atoms with E-state index in [2.05, 4.69) is 9.97 Å². The van der Waals surface area contributed by atoms with Gasteiger partial charge >= 0.3 is 6.01 Å². The Hall–Kier alpha value is -2.27. The van der Waals surface area contributed by atoms with Gasteiger partial charge in [-0.15, -0.1) is 0 Å². The van der Waals surface area contributed by atoms with Crippen LogP contribution in [0.4, 0.5) is 0 Å². The van der Waals surface area contributed by atoms with Gasteiger partial charge in [-0.3, -0.25) is 4.79 Å². The number of benzene rings is 1. The fourth-order valence-corrected chi connectivity index (χ4v) is 1.27. The highest BCUT2D eigenvalue weighted by Crippen LogP contribution is 2.17. The Morgan fingerprint density at radius 1 is 1.18 bits per heavy atom. The van der Waals surface area contributed by atoms with Gasteiger partial charge in [0.15, 0.2) is 5.78 Å². The normalized spacial score (nSPS) is 9.94. The predicted molar refractivity (Wildman–Crippen MR) is 61.9 cm³/mol. The molecule has 0 unspecified atom stereocenters. The molecule has 0 radical (unpaired) electrons. The van der Waals surface area contributed by atoms with E-state index in [1.54, 1.807) is 42.7 Å². The molecule has 0 spiro atoms. The maximum atomic E-state index is 11.3. The molecule has 0 aliphatic carbocycles. The predicted octanol–water partition coefficient (Wildman–Crippen LogP) is 1.41. The Kier molecular flexibility index (Phi) is 3.42.